The predicted octanol–water partition coefficient (Wildman–Crippen LogP) is 0.454. The lowest BCUT2D eigenvalue weighted by atomic mass is 10.1. The van der Waals surface area contributed by atoms with Gasteiger partial charge in [0.25, 0.3) is 0 Å². The van der Waals surface area contributed by atoms with Gasteiger partial charge in [-0.25, -0.2) is 4.98 Å². The van der Waals surface area contributed by atoms with Gasteiger partial charge in [0.1, 0.15) is 0 Å². The third-order valence-electron chi connectivity index (χ3n) is 2.18. The van der Waals surface area contributed by atoms with Crippen LogP contribution < -0.4 is 5.73 Å². The normalized spacial score (nSPS) is 20.2. The van der Waals surface area contributed by atoms with Crippen molar-refractivity contribution in [1.82, 2.24) is 9.55 Å². The fourth-order valence-electron chi connectivity index (χ4n) is 1.26. The van der Waals surface area contributed by atoms with Crippen molar-refractivity contribution >= 4 is 0 Å². The molecule has 0 aromatic carbocycles. The number of imidazole rings is 1. The first-order valence-electron chi connectivity index (χ1n) is 3.94. The Hall–Kier alpha value is -0.830. The fourth-order valence-corrected chi connectivity index (χ4v) is 1.26. The molecule has 0 amide bonds. The molecule has 1 fully saturated rings. The van der Waals surface area contributed by atoms with Crippen LogP contribution in [0.2, 0.25) is 0 Å². The lowest BCUT2D eigenvalue weighted by Gasteiger charge is -2.03. The van der Waals surface area contributed by atoms with Crippen molar-refractivity contribution in [3.05, 3.63) is 18.2 Å². The van der Waals surface area contributed by atoms with Gasteiger partial charge in [-0.1, -0.05) is 0 Å². The number of aromatic nitrogens is 2. The van der Waals surface area contributed by atoms with E-state index in [1.807, 2.05) is 24.1 Å². The molecule has 1 saturated carbocycles. The molecule has 2 rings (SSSR count). The van der Waals surface area contributed by atoms with Gasteiger partial charge in [0.05, 0.1) is 12.0 Å². The highest BCUT2D eigenvalue weighted by Gasteiger charge is 2.38. The number of nitrogens with zero attached hydrogens (tertiary/aromatic N) is 2. The second-order valence-electron chi connectivity index (χ2n) is 3.57. The fraction of sp³-hybridized carbons (Fsp3) is 0.625. The summed E-state index contributed by atoms with van der Waals surface area (Å²) in [5, 5.41) is 0. The van der Waals surface area contributed by atoms with Gasteiger partial charge in [0.15, 0.2) is 0 Å². The summed E-state index contributed by atoms with van der Waals surface area (Å²) in [5.74, 6) is 0. The van der Waals surface area contributed by atoms with Gasteiger partial charge in [-0.2, -0.15) is 0 Å². The number of hydrogen-bond donors (Lipinski definition) is 1. The zero-order valence-electron chi connectivity index (χ0n) is 6.75. The molecule has 1 heterocycles. The van der Waals surface area contributed by atoms with Crippen molar-refractivity contribution in [2.45, 2.75) is 24.8 Å². The summed E-state index contributed by atoms with van der Waals surface area (Å²) >= 11 is 0. The van der Waals surface area contributed by atoms with E-state index in [9.17, 15) is 0 Å². The SMILES string of the molecule is Cn1cnc(CC2(N)CC2)c1. The average Bonchev–Trinajstić information content (AvgIpc) is 2.49. The molecule has 0 saturated heterocycles. The van der Waals surface area contributed by atoms with Crippen molar-refractivity contribution in [3.63, 3.8) is 0 Å². The van der Waals surface area contributed by atoms with E-state index in [-0.39, 0.29) is 5.54 Å². The Bertz CT molecular complexity index is 260. The van der Waals surface area contributed by atoms with E-state index in [0.717, 1.165) is 25.0 Å². The van der Waals surface area contributed by atoms with Crippen LogP contribution in [0.25, 0.3) is 0 Å². The molecule has 1 aliphatic rings. The van der Waals surface area contributed by atoms with Gasteiger partial charge in [-0.15, -0.1) is 0 Å². The van der Waals surface area contributed by atoms with E-state index < -0.39 is 0 Å². The highest BCUT2D eigenvalue weighted by Crippen LogP contribution is 2.34. The molecule has 0 unspecified atom stereocenters. The van der Waals surface area contributed by atoms with Crippen LogP contribution in [0.1, 0.15) is 18.5 Å². The van der Waals surface area contributed by atoms with Gasteiger partial charge in [0, 0.05) is 25.2 Å². The zero-order chi connectivity index (χ0) is 7.90. The summed E-state index contributed by atoms with van der Waals surface area (Å²) in [6.45, 7) is 0. The van der Waals surface area contributed by atoms with Crippen LogP contribution in [0.4, 0.5) is 0 Å². The van der Waals surface area contributed by atoms with Gasteiger partial charge in [-0.3, -0.25) is 0 Å². The molecular weight excluding hydrogens is 138 g/mol. The van der Waals surface area contributed by atoms with Gasteiger partial charge >= 0.3 is 0 Å². The molecule has 3 nitrogen and oxygen atoms in total. The Labute approximate surface area is 66.2 Å². The average molecular weight is 151 g/mol. The van der Waals surface area contributed by atoms with Gasteiger partial charge in [-0.05, 0) is 12.8 Å². The summed E-state index contributed by atoms with van der Waals surface area (Å²) in [5.41, 5.74) is 7.15. The minimum atomic E-state index is 0.0916. The van der Waals surface area contributed by atoms with Crippen molar-refractivity contribution < 1.29 is 0 Å². The molecule has 1 aliphatic carbocycles. The summed E-state index contributed by atoms with van der Waals surface area (Å²) in [4.78, 5) is 4.22. The molecule has 1 aromatic rings. The zero-order valence-corrected chi connectivity index (χ0v) is 6.75. The number of rotatable bonds is 2. The van der Waals surface area contributed by atoms with Crippen molar-refractivity contribution in [2.24, 2.45) is 12.8 Å². The monoisotopic (exact) mass is 151 g/mol. The van der Waals surface area contributed by atoms with Crippen LogP contribution >= 0.6 is 0 Å². The Morgan fingerprint density at radius 1 is 1.73 bits per heavy atom. The lowest BCUT2D eigenvalue weighted by Crippen LogP contribution is -2.24. The molecule has 3 heteroatoms. The maximum Gasteiger partial charge on any atom is 0.0946 e. The first-order chi connectivity index (χ1) is 5.18. The first-order valence-corrected chi connectivity index (χ1v) is 3.94. The topological polar surface area (TPSA) is 43.8 Å². The maximum absolute atomic E-state index is 5.94. The minimum Gasteiger partial charge on any atom is -0.340 e. The Balaban J connectivity index is 2.06. The van der Waals surface area contributed by atoms with E-state index in [0.29, 0.717) is 0 Å². The minimum absolute atomic E-state index is 0.0916. The first kappa shape index (κ1) is 6.85. The summed E-state index contributed by atoms with van der Waals surface area (Å²) in [6.07, 6.45) is 7.11. The van der Waals surface area contributed by atoms with Crippen LogP contribution in [0.5, 0.6) is 0 Å². The molecule has 2 N–H and O–H groups in total. The molecule has 60 valence electrons. The van der Waals surface area contributed by atoms with Crippen LogP contribution in [-0.2, 0) is 13.5 Å². The number of aryl methyl sites for hydroxylation is 1. The molecule has 0 radical (unpaired) electrons. The third kappa shape index (κ3) is 1.43. The standard InChI is InChI=1S/C8H13N3/c1-11-5-7(10-6-11)4-8(9)2-3-8/h5-6H,2-4,9H2,1H3. The van der Waals surface area contributed by atoms with E-state index in [2.05, 4.69) is 4.98 Å². The summed E-state index contributed by atoms with van der Waals surface area (Å²) in [7, 11) is 1.98. The molecule has 11 heavy (non-hydrogen) atoms. The lowest BCUT2D eigenvalue weighted by molar-refractivity contribution is 0.661. The number of nitrogens with two attached hydrogens (primary N) is 1. The van der Waals surface area contributed by atoms with Crippen LogP contribution in [0.15, 0.2) is 12.5 Å². The molecular formula is C8H13N3. The van der Waals surface area contributed by atoms with Gasteiger partial charge in [0.2, 0.25) is 0 Å². The molecule has 1 aromatic heterocycles. The third-order valence-corrected chi connectivity index (χ3v) is 2.18. The summed E-state index contributed by atoms with van der Waals surface area (Å²) in [6, 6.07) is 0. The van der Waals surface area contributed by atoms with Crippen LogP contribution in [-0.4, -0.2) is 15.1 Å². The predicted molar refractivity (Wildman–Crippen MR) is 43.1 cm³/mol. The Morgan fingerprint density at radius 2 is 2.45 bits per heavy atom. The van der Waals surface area contributed by atoms with Gasteiger partial charge < -0.3 is 10.3 Å². The molecule has 0 aliphatic heterocycles. The van der Waals surface area contributed by atoms with Crippen LogP contribution in [0.3, 0.4) is 0 Å². The number of hydrogen-bond acceptors (Lipinski definition) is 2. The Kier molecular flexibility index (Phi) is 1.29. The second-order valence-corrected chi connectivity index (χ2v) is 3.57. The summed E-state index contributed by atoms with van der Waals surface area (Å²) < 4.78 is 1.96. The molecule has 0 atom stereocenters. The quantitative estimate of drug-likeness (QED) is 0.667. The molecule has 0 spiro atoms. The molecule has 0 bridgehead atoms. The maximum atomic E-state index is 5.94. The second kappa shape index (κ2) is 2.08. The van der Waals surface area contributed by atoms with Crippen molar-refractivity contribution in [3.8, 4) is 0 Å². The highest BCUT2D eigenvalue weighted by molar-refractivity contribution is 5.10. The van der Waals surface area contributed by atoms with E-state index in [1.165, 1.54) is 0 Å². The largest absolute Gasteiger partial charge is 0.340 e. The van der Waals surface area contributed by atoms with Crippen molar-refractivity contribution in [1.29, 1.82) is 0 Å². The van der Waals surface area contributed by atoms with E-state index in [1.54, 1.807) is 0 Å². The highest BCUT2D eigenvalue weighted by atomic mass is 15.0. The van der Waals surface area contributed by atoms with E-state index in [4.69, 9.17) is 5.73 Å². The smallest absolute Gasteiger partial charge is 0.0946 e. The Morgan fingerprint density at radius 3 is 2.91 bits per heavy atom. The van der Waals surface area contributed by atoms with Crippen molar-refractivity contribution in [2.75, 3.05) is 0 Å². The van der Waals surface area contributed by atoms with E-state index >= 15 is 0 Å². The van der Waals surface area contributed by atoms with Crippen LogP contribution in [0, 0.1) is 0 Å².